The average Bonchev–Trinajstić information content (AvgIpc) is 2.04. The number of aryl methyl sites for hydroxylation is 1. The van der Waals surface area contributed by atoms with E-state index in [1.165, 1.54) is 16.1 Å². The molecule has 0 spiro atoms. The molecule has 0 atom stereocenters. The van der Waals surface area contributed by atoms with Crippen LogP contribution in [-0.2, 0) is 0 Å². The maximum absolute atomic E-state index is 4.43. The van der Waals surface area contributed by atoms with Crippen LogP contribution in [0.25, 0.3) is 5.32 Å². The second-order valence-corrected chi connectivity index (χ2v) is 3.84. The molecule has 1 aromatic rings. The van der Waals surface area contributed by atoms with E-state index in [1.54, 1.807) is 0 Å². The molecule has 1 nitrogen and oxygen atoms in total. The molecule has 0 saturated carbocycles. The van der Waals surface area contributed by atoms with Crippen LogP contribution in [-0.4, -0.2) is 12.3 Å². The minimum absolute atomic E-state index is 0. The van der Waals surface area contributed by atoms with Gasteiger partial charge in [0, 0.05) is 44.1 Å². The summed E-state index contributed by atoms with van der Waals surface area (Å²) < 4.78 is 0. The number of fused-ring (bicyclic) bond motifs is 1. The predicted octanol–water partition coefficient (Wildman–Crippen LogP) is 3.11. The Morgan fingerprint density at radius 1 is 1.42 bits per heavy atom. The second-order valence-electron chi connectivity index (χ2n) is 2.70. The summed E-state index contributed by atoms with van der Waals surface area (Å²) in [6, 6.07) is 6.46. The van der Waals surface area contributed by atoms with Crippen LogP contribution < -0.4 is 0 Å². The van der Waals surface area contributed by atoms with Gasteiger partial charge in [-0.1, -0.05) is 17.7 Å². The molecule has 1 radical (unpaired) electrons. The molecule has 0 saturated heterocycles. The van der Waals surface area contributed by atoms with Gasteiger partial charge in [-0.3, -0.25) is 0 Å². The fraction of sp³-hybridized carbons (Fsp3) is 0.333. The SMILES string of the molecule is Cc1ccc2c(c1)[N-]CCS2.[Ac]. The van der Waals surface area contributed by atoms with Crippen molar-refractivity contribution in [1.82, 2.24) is 0 Å². The van der Waals surface area contributed by atoms with Crippen molar-refractivity contribution < 1.29 is 44.1 Å². The largest absolute Gasteiger partial charge is 0.683 e. The van der Waals surface area contributed by atoms with Gasteiger partial charge in [0.1, 0.15) is 0 Å². The summed E-state index contributed by atoms with van der Waals surface area (Å²) in [7, 11) is 0. The Balaban J connectivity index is 0.000000720. The quantitative estimate of drug-likeness (QED) is 0.663. The molecule has 0 aliphatic carbocycles. The van der Waals surface area contributed by atoms with Crippen molar-refractivity contribution in [2.24, 2.45) is 0 Å². The minimum atomic E-state index is 0. The van der Waals surface area contributed by atoms with Crippen molar-refractivity contribution in [3.63, 3.8) is 0 Å². The maximum Gasteiger partial charge on any atom is 0 e. The Morgan fingerprint density at radius 2 is 2.25 bits per heavy atom. The average molecular weight is 391 g/mol. The maximum atomic E-state index is 4.43. The fourth-order valence-electron chi connectivity index (χ4n) is 1.19. The van der Waals surface area contributed by atoms with Crippen molar-refractivity contribution in [3.05, 3.63) is 29.1 Å². The molecular weight excluding hydrogens is 381 g/mol. The molecular formula is C9H10AcNS-. The Morgan fingerprint density at radius 3 is 3.08 bits per heavy atom. The molecule has 61 valence electrons. The van der Waals surface area contributed by atoms with E-state index in [4.69, 9.17) is 0 Å². The number of hydrogen-bond donors (Lipinski definition) is 0. The van der Waals surface area contributed by atoms with Crippen LogP contribution in [0.5, 0.6) is 0 Å². The third kappa shape index (κ3) is 2.40. The van der Waals surface area contributed by atoms with Gasteiger partial charge in [0.2, 0.25) is 0 Å². The number of nitrogens with zero attached hydrogens (tertiary/aromatic N) is 1. The standard InChI is InChI=1S/C9H10NS.Ac/c1-7-2-3-9-8(6-7)10-4-5-11-9;/h2-3,6H,4-5H2,1H3;/q-1;. The van der Waals surface area contributed by atoms with Crippen LogP contribution in [0.3, 0.4) is 0 Å². The van der Waals surface area contributed by atoms with E-state index in [9.17, 15) is 0 Å². The zero-order chi connectivity index (χ0) is 7.68. The molecule has 1 aliphatic heterocycles. The summed E-state index contributed by atoms with van der Waals surface area (Å²) in [4.78, 5) is 1.34. The molecule has 0 amide bonds. The topological polar surface area (TPSA) is 14.1 Å². The Kier molecular flexibility index (Phi) is 4.43. The fourth-order valence-corrected chi connectivity index (χ4v) is 2.03. The van der Waals surface area contributed by atoms with Gasteiger partial charge in [0.25, 0.3) is 0 Å². The first-order valence-corrected chi connectivity index (χ1v) is 4.76. The third-order valence-corrected chi connectivity index (χ3v) is 2.79. The van der Waals surface area contributed by atoms with E-state index < -0.39 is 0 Å². The summed E-state index contributed by atoms with van der Waals surface area (Å²) >= 11 is 1.90. The molecule has 3 heteroatoms. The number of hydrogen-bond acceptors (Lipinski definition) is 1. The van der Waals surface area contributed by atoms with Gasteiger partial charge >= 0.3 is 0 Å². The van der Waals surface area contributed by atoms with Gasteiger partial charge in [-0.05, 0) is 23.6 Å². The molecule has 0 aromatic heterocycles. The van der Waals surface area contributed by atoms with Crippen LogP contribution >= 0.6 is 11.8 Å². The Bertz CT molecular complexity index is 275. The van der Waals surface area contributed by atoms with Crippen molar-refractivity contribution in [3.8, 4) is 0 Å². The molecule has 0 bridgehead atoms. The van der Waals surface area contributed by atoms with E-state index in [1.807, 2.05) is 11.8 Å². The Hall–Kier alpha value is 0.812. The first-order valence-electron chi connectivity index (χ1n) is 3.77. The first kappa shape index (κ1) is 10.9. The zero-order valence-corrected chi connectivity index (χ0v) is 12.6. The summed E-state index contributed by atoms with van der Waals surface area (Å²) in [5.41, 5.74) is 2.48. The summed E-state index contributed by atoms with van der Waals surface area (Å²) in [6.45, 7) is 3.08. The van der Waals surface area contributed by atoms with Crippen LogP contribution in [0.1, 0.15) is 5.56 Å². The van der Waals surface area contributed by atoms with Crippen molar-refractivity contribution >= 4 is 17.4 Å². The van der Waals surface area contributed by atoms with E-state index in [2.05, 4.69) is 30.4 Å². The molecule has 0 unspecified atom stereocenters. The van der Waals surface area contributed by atoms with Crippen LogP contribution in [0, 0.1) is 51.0 Å². The third-order valence-electron chi connectivity index (χ3n) is 1.75. The molecule has 0 fully saturated rings. The predicted molar refractivity (Wildman–Crippen MR) is 49.8 cm³/mol. The van der Waals surface area contributed by atoms with Gasteiger partial charge in [-0.2, -0.15) is 0 Å². The van der Waals surface area contributed by atoms with Crippen LogP contribution in [0.15, 0.2) is 23.1 Å². The molecule has 1 aliphatic rings. The smallest absolute Gasteiger partial charge is 0 e. The summed E-state index contributed by atoms with van der Waals surface area (Å²) in [6.07, 6.45) is 0. The minimum Gasteiger partial charge on any atom is -0.683 e. The van der Waals surface area contributed by atoms with E-state index in [0.717, 1.165) is 12.3 Å². The van der Waals surface area contributed by atoms with Gasteiger partial charge < -0.3 is 5.32 Å². The van der Waals surface area contributed by atoms with E-state index in [0.29, 0.717) is 0 Å². The van der Waals surface area contributed by atoms with E-state index in [-0.39, 0.29) is 44.1 Å². The molecule has 0 N–H and O–H groups in total. The number of rotatable bonds is 0. The van der Waals surface area contributed by atoms with Gasteiger partial charge in [-0.25, -0.2) is 0 Å². The normalized spacial score (nSPS) is 14.1. The van der Waals surface area contributed by atoms with Crippen molar-refractivity contribution in [1.29, 1.82) is 0 Å². The van der Waals surface area contributed by atoms with Gasteiger partial charge in [0.05, 0.1) is 0 Å². The molecule has 12 heavy (non-hydrogen) atoms. The van der Waals surface area contributed by atoms with Gasteiger partial charge in [0.15, 0.2) is 0 Å². The monoisotopic (exact) mass is 391 g/mol. The van der Waals surface area contributed by atoms with E-state index >= 15 is 0 Å². The number of thioether (sulfide) groups is 1. The van der Waals surface area contributed by atoms with Gasteiger partial charge in [-0.15, -0.1) is 24.0 Å². The summed E-state index contributed by atoms with van der Waals surface area (Å²) in [5.74, 6) is 1.13. The zero-order valence-electron chi connectivity index (χ0n) is 7.08. The molecule has 1 aromatic carbocycles. The van der Waals surface area contributed by atoms with Crippen molar-refractivity contribution in [2.75, 3.05) is 12.3 Å². The first-order chi connectivity index (χ1) is 5.36. The van der Waals surface area contributed by atoms with Crippen molar-refractivity contribution in [2.45, 2.75) is 11.8 Å². The second kappa shape index (κ2) is 4.89. The summed E-state index contributed by atoms with van der Waals surface area (Å²) in [5, 5.41) is 4.43. The number of benzene rings is 1. The molecule has 1 heterocycles. The molecule has 2 rings (SSSR count). The Labute approximate surface area is 113 Å². The van der Waals surface area contributed by atoms with Crippen LogP contribution in [0.4, 0.5) is 5.69 Å². The van der Waals surface area contributed by atoms with Crippen LogP contribution in [0.2, 0.25) is 0 Å².